The van der Waals surface area contributed by atoms with Crippen molar-refractivity contribution in [2.45, 2.75) is 39.2 Å². The average molecular weight is 216 g/mol. The molecule has 0 fully saturated rings. The smallest absolute Gasteiger partial charge is 0.0501 e. The molecule has 0 spiro atoms. The summed E-state index contributed by atoms with van der Waals surface area (Å²) in [5.74, 6) is 0. The summed E-state index contributed by atoms with van der Waals surface area (Å²) < 4.78 is 2.31. The first-order valence-electron chi connectivity index (χ1n) is 6.16. The zero-order chi connectivity index (χ0) is 11.4. The Morgan fingerprint density at radius 3 is 2.81 bits per heavy atom. The average Bonchev–Trinajstić information content (AvgIpc) is 2.70. The Kier molecular flexibility index (Phi) is 3.50. The first-order chi connectivity index (χ1) is 7.83. The van der Waals surface area contributed by atoms with Gasteiger partial charge in [0.25, 0.3) is 0 Å². The lowest BCUT2D eigenvalue weighted by Gasteiger charge is -2.05. The number of nitrogens with zero attached hydrogens (tertiary/aromatic N) is 1. The lowest BCUT2D eigenvalue weighted by molar-refractivity contribution is 0.593. The molecule has 2 heteroatoms. The van der Waals surface area contributed by atoms with Gasteiger partial charge in [-0.3, -0.25) is 0 Å². The summed E-state index contributed by atoms with van der Waals surface area (Å²) in [6.07, 6.45) is 7.35. The third-order valence-electron chi connectivity index (χ3n) is 3.10. The van der Waals surface area contributed by atoms with Crippen molar-refractivity contribution < 1.29 is 0 Å². The molecule has 0 saturated carbocycles. The van der Waals surface area contributed by atoms with Crippen LogP contribution < -0.4 is 5.73 Å². The van der Waals surface area contributed by atoms with Gasteiger partial charge < -0.3 is 10.3 Å². The van der Waals surface area contributed by atoms with E-state index in [1.54, 1.807) is 0 Å². The van der Waals surface area contributed by atoms with Crippen LogP contribution in [0.15, 0.2) is 30.5 Å². The number of fused-ring (bicyclic) bond motifs is 1. The Bertz CT molecular complexity index is 457. The van der Waals surface area contributed by atoms with E-state index in [1.165, 1.54) is 36.6 Å². The SMILES string of the molecule is CCCCCCn1ccc2c(N)cccc21. The van der Waals surface area contributed by atoms with Crippen LogP contribution in [0.3, 0.4) is 0 Å². The van der Waals surface area contributed by atoms with Gasteiger partial charge in [0.1, 0.15) is 0 Å². The van der Waals surface area contributed by atoms with Crippen molar-refractivity contribution in [2.75, 3.05) is 5.73 Å². The molecule has 0 bridgehead atoms. The zero-order valence-electron chi connectivity index (χ0n) is 9.95. The van der Waals surface area contributed by atoms with Crippen LogP contribution in [-0.4, -0.2) is 4.57 Å². The van der Waals surface area contributed by atoms with E-state index in [0.29, 0.717) is 0 Å². The molecule has 16 heavy (non-hydrogen) atoms. The second kappa shape index (κ2) is 5.06. The second-order valence-electron chi connectivity index (χ2n) is 4.35. The van der Waals surface area contributed by atoms with Crippen LogP contribution >= 0.6 is 0 Å². The van der Waals surface area contributed by atoms with Gasteiger partial charge in [-0.2, -0.15) is 0 Å². The van der Waals surface area contributed by atoms with Gasteiger partial charge in [-0.25, -0.2) is 0 Å². The highest BCUT2D eigenvalue weighted by molar-refractivity contribution is 5.91. The quantitative estimate of drug-likeness (QED) is 0.598. The molecule has 2 aromatic rings. The van der Waals surface area contributed by atoms with Crippen LogP contribution in [0, 0.1) is 0 Å². The molecule has 0 atom stereocenters. The van der Waals surface area contributed by atoms with E-state index in [2.05, 4.69) is 29.8 Å². The Labute approximate surface area is 97.1 Å². The minimum absolute atomic E-state index is 0.879. The van der Waals surface area contributed by atoms with Gasteiger partial charge in [-0.1, -0.05) is 32.3 Å². The lowest BCUT2D eigenvalue weighted by atomic mass is 10.2. The molecule has 2 rings (SSSR count). The molecule has 0 aliphatic rings. The van der Waals surface area contributed by atoms with Crippen molar-refractivity contribution >= 4 is 16.6 Å². The van der Waals surface area contributed by atoms with Gasteiger partial charge in [0.15, 0.2) is 0 Å². The number of unbranched alkanes of at least 4 members (excludes halogenated alkanes) is 3. The maximum atomic E-state index is 5.93. The van der Waals surface area contributed by atoms with Crippen molar-refractivity contribution in [2.24, 2.45) is 0 Å². The Morgan fingerprint density at radius 2 is 2.00 bits per heavy atom. The maximum Gasteiger partial charge on any atom is 0.0501 e. The summed E-state index contributed by atoms with van der Waals surface area (Å²) in [7, 11) is 0. The van der Waals surface area contributed by atoms with E-state index < -0.39 is 0 Å². The van der Waals surface area contributed by atoms with Gasteiger partial charge in [-0.15, -0.1) is 0 Å². The number of nitrogens with two attached hydrogens (primary N) is 1. The molecule has 0 amide bonds. The van der Waals surface area contributed by atoms with E-state index in [1.807, 2.05) is 12.1 Å². The number of benzene rings is 1. The third kappa shape index (κ3) is 2.21. The molecule has 0 saturated heterocycles. The minimum Gasteiger partial charge on any atom is -0.398 e. The van der Waals surface area contributed by atoms with Crippen molar-refractivity contribution in [3.05, 3.63) is 30.5 Å². The largest absolute Gasteiger partial charge is 0.398 e. The highest BCUT2D eigenvalue weighted by atomic mass is 14.9. The van der Waals surface area contributed by atoms with Crippen molar-refractivity contribution in [3.63, 3.8) is 0 Å². The number of anilines is 1. The summed E-state index contributed by atoms with van der Waals surface area (Å²) in [4.78, 5) is 0. The molecule has 1 heterocycles. The third-order valence-corrected chi connectivity index (χ3v) is 3.10. The molecule has 2 N–H and O–H groups in total. The van der Waals surface area contributed by atoms with E-state index in [9.17, 15) is 0 Å². The standard InChI is InChI=1S/C14H20N2/c1-2-3-4-5-10-16-11-9-12-13(15)7-6-8-14(12)16/h6-9,11H,2-5,10,15H2,1H3. The number of aryl methyl sites for hydroxylation is 1. The molecule has 2 nitrogen and oxygen atoms in total. The summed E-state index contributed by atoms with van der Waals surface area (Å²) in [6.45, 7) is 3.35. The van der Waals surface area contributed by atoms with Crippen LogP contribution in [0.5, 0.6) is 0 Å². The van der Waals surface area contributed by atoms with Gasteiger partial charge in [0.05, 0.1) is 5.52 Å². The molecular formula is C14H20N2. The molecule has 86 valence electrons. The van der Waals surface area contributed by atoms with Crippen LogP contribution in [0.2, 0.25) is 0 Å². The number of aromatic nitrogens is 1. The molecule has 0 unspecified atom stereocenters. The Morgan fingerprint density at radius 1 is 1.12 bits per heavy atom. The Balaban J connectivity index is 2.10. The van der Waals surface area contributed by atoms with Crippen LogP contribution in [0.25, 0.3) is 10.9 Å². The highest BCUT2D eigenvalue weighted by Crippen LogP contribution is 2.22. The number of hydrogen-bond acceptors (Lipinski definition) is 1. The molecule has 1 aromatic heterocycles. The van der Waals surface area contributed by atoms with Gasteiger partial charge in [0, 0.05) is 23.8 Å². The first kappa shape index (κ1) is 11.1. The topological polar surface area (TPSA) is 30.9 Å². The van der Waals surface area contributed by atoms with E-state index in [0.717, 1.165) is 12.2 Å². The van der Waals surface area contributed by atoms with Crippen LogP contribution in [-0.2, 0) is 6.54 Å². The number of rotatable bonds is 5. The maximum absolute atomic E-state index is 5.93. The highest BCUT2D eigenvalue weighted by Gasteiger charge is 2.02. The lowest BCUT2D eigenvalue weighted by Crippen LogP contribution is -1.96. The van der Waals surface area contributed by atoms with Crippen LogP contribution in [0.4, 0.5) is 5.69 Å². The zero-order valence-corrected chi connectivity index (χ0v) is 9.95. The van der Waals surface area contributed by atoms with Crippen molar-refractivity contribution in [1.29, 1.82) is 0 Å². The fraction of sp³-hybridized carbons (Fsp3) is 0.429. The summed E-state index contributed by atoms with van der Waals surface area (Å²) >= 11 is 0. The normalized spacial score (nSPS) is 11.1. The van der Waals surface area contributed by atoms with Crippen molar-refractivity contribution in [3.8, 4) is 0 Å². The summed E-state index contributed by atoms with van der Waals surface area (Å²) in [6, 6.07) is 8.25. The van der Waals surface area contributed by atoms with E-state index in [-0.39, 0.29) is 0 Å². The predicted molar refractivity (Wildman–Crippen MR) is 70.5 cm³/mol. The summed E-state index contributed by atoms with van der Waals surface area (Å²) in [5, 5.41) is 1.18. The molecule has 0 aliphatic heterocycles. The van der Waals surface area contributed by atoms with Crippen molar-refractivity contribution in [1.82, 2.24) is 4.57 Å². The summed E-state index contributed by atoms with van der Waals surface area (Å²) in [5.41, 5.74) is 8.07. The molecular weight excluding hydrogens is 196 g/mol. The van der Waals surface area contributed by atoms with Gasteiger partial charge in [-0.05, 0) is 24.6 Å². The first-order valence-corrected chi connectivity index (χ1v) is 6.16. The fourth-order valence-corrected chi connectivity index (χ4v) is 2.15. The van der Waals surface area contributed by atoms with E-state index in [4.69, 9.17) is 5.73 Å². The molecule has 0 radical (unpaired) electrons. The van der Waals surface area contributed by atoms with Gasteiger partial charge >= 0.3 is 0 Å². The Hall–Kier alpha value is -1.44. The monoisotopic (exact) mass is 216 g/mol. The fourth-order valence-electron chi connectivity index (χ4n) is 2.15. The van der Waals surface area contributed by atoms with Gasteiger partial charge in [0.2, 0.25) is 0 Å². The molecule has 0 aliphatic carbocycles. The number of hydrogen-bond donors (Lipinski definition) is 1. The predicted octanol–water partition coefficient (Wildman–Crippen LogP) is 3.80. The van der Waals surface area contributed by atoms with E-state index >= 15 is 0 Å². The second-order valence-corrected chi connectivity index (χ2v) is 4.35. The minimum atomic E-state index is 0.879. The van der Waals surface area contributed by atoms with Crippen LogP contribution in [0.1, 0.15) is 32.6 Å². The number of nitrogen functional groups attached to an aromatic ring is 1. The molecule has 1 aromatic carbocycles.